The first kappa shape index (κ1) is 20.5. The number of hydrogen-bond acceptors (Lipinski definition) is 7. The van der Waals surface area contributed by atoms with Crippen LogP contribution < -0.4 is 5.73 Å². The number of aromatic amines is 1. The summed E-state index contributed by atoms with van der Waals surface area (Å²) in [5.74, 6) is 0.375. The molecule has 4 aromatic rings. The molecule has 31 heavy (non-hydrogen) atoms. The lowest BCUT2D eigenvalue weighted by Crippen LogP contribution is -2.28. The molecule has 0 bridgehead atoms. The monoisotopic (exact) mass is 417 g/mol. The number of aromatic nitrogens is 4. The third-order valence-corrected chi connectivity index (χ3v) is 4.78. The van der Waals surface area contributed by atoms with E-state index in [0.29, 0.717) is 23.4 Å². The van der Waals surface area contributed by atoms with Crippen LogP contribution in [0.3, 0.4) is 0 Å². The van der Waals surface area contributed by atoms with Crippen molar-refractivity contribution >= 4 is 23.1 Å². The number of anilines is 1. The van der Waals surface area contributed by atoms with Gasteiger partial charge in [0.25, 0.3) is 0 Å². The number of nitrogens with zero attached hydrogens (tertiary/aromatic N) is 3. The number of carbonyl (C=O) groups excluding carboxylic acids is 1. The zero-order valence-electron chi connectivity index (χ0n) is 17.1. The number of H-pyrrole nitrogens is 1. The minimum Gasteiger partial charge on any atom is -0.455 e. The third-order valence-electron chi connectivity index (χ3n) is 4.78. The van der Waals surface area contributed by atoms with Crippen molar-refractivity contribution in [3.63, 3.8) is 0 Å². The van der Waals surface area contributed by atoms with E-state index in [4.69, 9.17) is 15.2 Å². The molecular formula is C23H23N5O3. The predicted molar refractivity (Wildman–Crippen MR) is 116 cm³/mol. The molecule has 2 heterocycles. The Morgan fingerprint density at radius 3 is 2.48 bits per heavy atom. The number of carbonyl (C=O) groups is 1. The van der Waals surface area contributed by atoms with Crippen LogP contribution in [0.15, 0.2) is 66.9 Å². The Morgan fingerprint density at radius 2 is 1.77 bits per heavy atom. The van der Waals surface area contributed by atoms with Crippen LogP contribution in [-0.2, 0) is 27.3 Å². The van der Waals surface area contributed by atoms with Crippen LogP contribution in [0.4, 0.5) is 5.95 Å². The fourth-order valence-corrected chi connectivity index (χ4v) is 3.40. The topological polar surface area (TPSA) is 116 Å². The van der Waals surface area contributed by atoms with E-state index in [1.54, 1.807) is 6.20 Å². The minimum absolute atomic E-state index is 0.160. The van der Waals surface area contributed by atoms with Crippen molar-refractivity contribution in [1.29, 1.82) is 0 Å². The first-order valence-corrected chi connectivity index (χ1v) is 9.93. The molecule has 0 radical (unpaired) electrons. The van der Waals surface area contributed by atoms with Gasteiger partial charge in [0.1, 0.15) is 24.1 Å². The van der Waals surface area contributed by atoms with Gasteiger partial charge in [-0.1, -0.05) is 60.7 Å². The van der Waals surface area contributed by atoms with E-state index in [9.17, 15) is 4.79 Å². The highest BCUT2D eigenvalue weighted by Gasteiger charge is 2.28. The molecule has 2 unspecified atom stereocenters. The third kappa shape index (κ3) is 5.23. The summed E-state index contributed by atoms with van der Waals surface area (Å²) in [5, 5.41) is 0. The maximum Gasteiger partial charge on any atom is 0.303 e. The molecule has 0 aliphatic rings. The summed E-state index contributed by atoms with van der Waals surface area (Å²) < 4.78 is 12.0. The summed E-state index contributed by atoms with van der Waals surface area (Å²) in [5.41, 5.74) is 8.72. The Morgan fingerprint density at radius 1 is 1.06 bits per heavy atom. The van der Waals surface area contributed by atoms with E-state index >= 15 is 0 Å². The van der Waals surface area contributed by atoms with Crippen molar-refractivity contribution in [3.8, 4) is 0 Å². The molecule has 158 valence electrons. The summed E-state index contributed by atoms with van der Waals surface area (Å²) >= 11 is 0. The second-order valence-electron chi connectivity index (χ2n) is 7.13. The lowest BCUT2D eigenvalue weighted by molar-refractivity contribution is -0.156. The number of esters is 1. The number of nitrogens with two attached hydrogens (primary N) is 1. The maximum atomic E-state index is 11.9. The Labute approximate surface area is 179 Å². The highest BCUT2D eigenvalue weighted by molar-refractivity contribution is 5.70. The van der Waals surface area contributed by atoms with Crippen LogP contribution in [0.1, 0.15) is 30.0 Å². The van der Waals surface area contributed by atoms with Crippen LogP contribution in [0.2, 0.25) is 0 Å². The quantitative estimate of drug-likeness (QED) is 0.422. The molecule has 0 aliphatic carbocycles. The van der Waals surface area contributed by atoms with Gasteiger partial charge in [0.2, 0.25) is 5.95 Å². The normalized spacial score (nSPS) is 13.1. The van der Waals surface area contributed by atoms with E-state index in [1.165, 1.54) is 6.92 Å². The molecule has 0 amide bonds. The highest BCUT2D eigenvalue weighted by Crippen LogP contribution is 2.27. The number of nitrogen functional groups attached to an aromatic ring is 1. The van der Waals surface area contributed by atoms with Crippen LogP contribution in [0.5, 0.6) is 0 Å². The SMILES string of the molecule is CC(=O)OC(c1ccccc1)C(Cc1ccccc1)OCc1nc2nc(N)ncc2[nH]1. The second-order valence-corrected chi connectivity index (χ2v) is 7.13. The number of ether oxygens (including phenoxy) is 2. The van der Waals surface area contributed by atoms with Gasteiger partial charge in [-0.25, -0.2) is 9.97 Å². The largest absolute Gasteiger partial charge is 0.455 e. The second kappa shape index (κ2) is 9.36. The fraction of sp³-hybridized carbons (Fsp3) is 0.217. The zero-order valence-corrected chi connectivity index (χ0v) is 17.1. The summed E-state index contributed by atoms with van der Waals surface area (Å²) in [6.45, 7) is 1.58. The molecule has 3 N–H and O–H groups in total. The average Bonchev–Trinajstić information content (AvgIpc) is 3.18. The van der Waals surface area contributed by atoms with Crippen molar-refractivity contribution in [2.75, 3.05) is 5.73 Å². The average molecular weight is 417 g/mol. The molecular weight excluding hydrogens is 394 g/mol. The van der Waals surface area contributed by atoms with E-state index in [-0.39, 0.29) is 18.5 Å². The fourth-order valence-electron chi connectivity index (χ4n) is 3.40. The van der Waals surface area contributed by atoms with Crippen molar-refractivity contribution < 1.29 is 14.3 Å². The Balaban J connectivity index is 1.61. The van der Waals surface area contributed by atoms with Crippen molar-refractivity contribution in [2.45, 2.75) is 32.2 Å². The first-order valence-electron chi connectivity index (χ1n) is 9.93. The molecule has 2 aromatic carbocycles. The van der Waals surface area contributed by atoms with Gasteiger partial charge in [-0.05, 0) is 11.1 Å². The van der Waals surface area contributed by atoms with Gasteiger partial charge >= 0.3 is 5.97 Å². The highest BCUT2D eigenvalue weighted by atomic mass is 16.6. The minimum atomic E-state index is -0.571. The molecule has 2 atom stereocenters. The van der Waals surface area contributed by atoms with Crippen LogP contribution >= 0.6 is 0 Å². The van der Waals surface area contributed by atoms with E-state index in [2.05, 4.69) is 19.9 Å². The summed E-state index contributed by atoms with van der Waals surface area (Å²) in [6, 6.07) is 19.5. The number of rotatable bonds is 8. The molecule has 0 saturated heterocycles. The van der Waals surface area contributed by atoms with Crippen LogP contribution in [0, 0.1) is 0 Å². The van der Waals surface area contributed by atoms with Gasteiger partial charge in [-0.2, -0.15) is 4.98 Å². The maximum absolute atomic E-state index is 11.9. The van der Waals surface area contributed by atoms with Crippen molar-refractivity contribution in [2.24, 2.45) is 0 Å². The smallest absolute Gasteiger partial charge is 0.303 e. The number of fused-ring (bicyclic) bond motifs is 1. The standard InChI is InChI=1S/C23H23N5O3/c1-15(29)31-21(17-10-6-3-7-11-17)19(12-16-8-4-2-5-9-16)30-14-20-26-18-13-25-23(24)28-22(18)27-20/h2-11,13,19,21H,12,14H2,1H3,(H3,24,25,26,27,28). The molecule has 0 fully saturated rings. The van der Waals surface area contributed by atoms with Gasteiger partial charge in [0, 0.05) is 13.3 Å². The predicted octanol–water partition coefficient (Wildman–Crippen LogP) is 3.37. The number of benzene rings is 2. The van der Waals surface area contributed by atoms with Crippen LogP contribution in [0.25, 0.3) is 11.2 Å². The zero-order chi connectivity index (χ0) is 21.6. The molecule has 2 aromatic heterocycles. The van der Waals surface area contributed by atoms with Gasteiger partial charge in [-0.3, -0.25) is 4.79 Å². The number of imidazole rings is 1. The van der Waals surface area contributed by atoms with Gasteiger partial charge in [-0.15, -0.1) is 0 Å². The number of hydrogen-bond donors (Lipinski definition) is 2. The van der Waals surface area contributed by atoms with E-state index < -0.39 is 12.2 Å². The van der Waals surface area contributed by atoms with Gasteiger partial charge in [0.15, 0.2) is 11.8 Å². The molecule has 4 rings (SSSR count). The van der Waals surface area contributed by atoms with Crippen molar-refractivity contribution in [3.05, 3.63) is 83.8 Å². The Kier molecular flexibility index (Phi) is 6.18. The first-order chi connectivity index (χ1) is 15.1. The van der Waals surface area contributed by atoms with Crippen LogP contribution in [-0.4, -0.2) is 32.0 Å². The van der Waals surface area contributed by atoms with E-state index in [0.717, 1.165) is 11.1 Å². The van der Waals surface area contributed by atoms with Gasteiger partial charge < -0.3 is 20.2 Å². The lowest BCUT2D eigenvalue weighted by Gasteiger charge is -2.27. The summed E-state index contributed by atoms with van der Waals surface area (Å²) in [4.78, 5) is 27.5. The summed E-state index contributed by atoms with van der Waals surface area (Å²) in [6.07, 6.45) is 1.14. The molecule has 8 heteroatoms. The lowest BCUT2D eigenvalue weighted by atomic mass is 9.98. The van der Waals surface area contributed by atoms with E-state index in [1.807, 2.05) is 60.7 Å². The Bertz CT molecular complexity index is 1150. The molecule has 0 saturated carbocycles. The molecule has 0 spiro atoms. The Hall–Kier alpha value is -3.78. The summed E-state index contributed by atoms with van der Waals surface area (Å²) in [7, 11) is 0. The van der Waals surface area contributed by atoms with Gasteiger partial charge in [0.05, 0.1) is 6.20 Å². The molecule has 0 aliphatic heterocycles. The van der Waals surface area contributed by atoms with Crippen molar-refractivity contribution in [1.82, 2.24) is 19.9 Å². The number of nitrogens with one attached hydrogen (secondary N) is 1. The molecule has 8 nitrogen and oxygen atoms in total.